The number of rotatable bonds is 2. The predicted molar refractivity (Wildman–Crippen MR) is 77.7 cm³/mol. The second-order valence-electron chi connectivity index (χ2n) is 5.05. The van der Waals surface area contributed by atoms with Gasteiger partial charge in [-0.25, -0.2) is 9.78 Å². The summed E-state index contributed by atoms with van der Waals surface area (Å²) >= 11 is 0. The van der Waals surface area contributed by atoms with Crippen molar-refractivity contribution in [1.82, 2.24) is 4.98 Å². The van der Waals surface area contributed by atoms with Crippen molar-refractivity contribution in [1.29, 1.82) is 0 Å². The van der Waals surface area contributed by atoms with E-state index in [2.05, 4.69) is 17.1 Å². The molecule has 102 valence electrons. The highest BCUT2D eigenvalue weighted by Crippen LogP contribution is 2.31. The van der Waals surface area contributed by atoms with Gasteiger partial charge in [0.15, 0.2) is 0 Å². The molecule has 0 fully saturated rings. The molecule has 1 aromatic heterocycles. The van der Waals surface area contributed by atoms with E-state index >= 15 is 0 Å². The molecular formula is C17H17NO2. The van der Waals surface area contributed by atoms with E-state index in [1.54, 1.807) is 0 Å². The lowest BCUT2D eigenvalue weighted by Crippen LogP contribution is -2.13. The molecule has 20 heavy (non-hydrogen) atoms. The zero-order valence-corrected chi connectivity index (χ0v) is 11.6. The van der Waals surface area contributed by atoms with Crippen LogP contribution in [0.4, 0.5) is 0 Å². The Hall–Kier alpha value is -2.16. The Kier molecular flexibility index (Phi) is 3.50. The van der Waals surface area contributed by atoms with E-state index in [1.165, 1.54) is 19.1 Å². The van der Waals surface area contributed by atoms with Gasteiger partial charge in [-0.05, 0) is 48.4 Å². The first kappa shape index (κ1) is 12.9. The van der Waals surface area contributed by atoms with Crippen molar-refractivity contribution in [2.24, 2.45) is 0 Å². The van der Waals surface area contributed by atoms with Crippen LogP contribution in [0.5, 0.6) is 0 Å². The number of pyridine rings is 1. The van der Waals surface area contributed by atoms with Crippen LogP contribution in [0.1, 0.15) is 34.6 Å². The molecule has 0 aliphatic heterocycles. The summed E-state index contributed by atoms with van der Waals surface area (Å²) in [7, 11) is 1.39. The third-order valence-electron chi connectivity index (χ3n) is 3.78. The van der Waals surface area contributed by atoms with Crippen molar-refractivity contribution >= 4 is 5.97 Å². The number of carbonyl (C=O) groups excluding carboxylic acids is 1. The third-order valence-corrected chi connectivity index (χ3v) is 3.78. The van der Waals surface area contributed by atoms with Crippen LogP contribution >= 0.6 is 0 Å². The number of benzene rings is 1. The number of nitrogens with zero attached hydrogens (tertiary/aromatic N) is 1. The maximum atomic E-state index is 11.8. The van der Waals surface area contributed by atoms with Crippen LogP contribution in [-0.2, 0) is 17.6 Å². The molecule has 0 atom stereocenters. The zero-order valence-electron chi connectivity index (χ0n) is 11.6. The highest BCUT2D eigenvalue weighted by molar-refractivity contribution is 5.89. The molecule has 0 bridgehead atoms. The fraction of sp³-hybridized carbons (Fsp3) is 0.294. The maximum Gasteiger partial charge on any atom is 0.356 e. The van der Waals surface area contributed by atoms with E-state index in [4.69, 9.17) is 4.74 Å². The van der Waals surface area contributed by atoms with Crippen LogP contribution in [0.3, 0.4) is 0 Å². The number of aromatic nitrogens is 1. The molecule has 0 N–H and O–H groups in total. The number of hydrogen-bond acceptors (Lipinski definition) is 3. The van der Waals surface area contributed by atoms with E-state index in [0.717, 1.165) is 36.1 Å². The number of aryl methyl sites for hydroxylation is 1. The maximum absolute atomic E-state index is 11.8. The Morgan fingerprint density at radius 2 is 1.90 bits per heavy atom. The quantitative estimate of drug-likeness (QED) is 0.783. The van der Waals surface area contributed by atoms with E-state index in [-0.39, 0.29) is 5.97 Å². The van der Waals surface area contributed by atoms with Gasteiger partial charge in [0.05, 0.1) is 7.11 Å². The first-order chi connectivity index (χ1) is 9.79. The Labute approximate surface area is 118 Å². The molecule has 1 heterocycles. The van der Waals surface area contributed by atoms with Crippen molar-refractivity contribution in [2.45, 2.75) is 25.7 Å². The second-order valence-corrected chi connectivity index (χ2v) is 5.05. The van der Waals surface area contributed by atoms with Crippen LogP contribution in [-0.4, -0.2) is 18.1 Å². The van der Waals surface area contributed by atoms with Gasteiger partial charge in [0.2, 0.25) is 0 Å². The summed E-state index contributed by atoms with van der Waals surface area (Å²) in [5, 5.41) is 0. The fourth-order valence-electron chi connectivity index (χ4n) is 2.79. The third kappa shape index (κ3) is 2.31. The van der Waals surface area contributed by atoms with E-state index < -0.39 is 0 Å². The van der Waals surface area contributed by atoms with E-state index in [0.29, 0.717) is 5.69 Å². The first-order valence-corrected chi connectivity index (χ1v) is 6.96. The molecule has 1 aliphatic carbocycles. The standard InChI is InChI=1S/C17H17NO2/c1-20-17(19)16-11-14(12-7-3-2-4-8-12)13-9-5-6-10-15(13)18-16/h2-4,7-8,11H,5-6,9-10H2,1H3. The lowest BCUT2D eigenvalue weighted by Gasteiger charge is -2.19. The van der Waals surface area contributed by atoms with Crippen molar-refractivity contribution in [3.8, 4) is 11.1 Å². The van der Waals surface area contributed by atoms with Gasteiger partial charge >= 0.3 is 5.97 Å². The van der Waals surface area contributed by atoms with Gasteiger partial charge in [-0.1, -0.05) is 30.3 Å². The fourth-order valence-corrected chi connectivity index (χ4v) is 2.79. The Balaban J connectivity index is 2.18. The smallest absolute Gasteiger partial charge is 0.356 e. The van der Waals surface area contributed by atoms with Gasteiger partial charge in [0.1, 0.15) is 5.69 Å². The number of ether oxygens (including phenoxy) is 1. The van der Waals surface area contributed by atoms with Gasteiger partial charge < -0.3 is 4.74 Å². The van der Waals surface area contributed by atoms with Crippen molar-refractivity contribution in [3.63, 3.8) is 0 Å². The Morgan fingerprint density at radius 3 is 2.65 bits per heavy atom. The van der Waals surface area contributed by atoms with Crippen molar-refractivity contribution < 1.29 is 9.53 Å². The topological polar surface area (TPSA) is 39.2 Å². The molecule has 3 nitrogen and oxygen atoms in total. The molecule has 0 saturated heterocycles. The Morgan fingerprint density at radius 1 is 1.15 bits per heavy atom. The molecule has 0 saturated carbocycles. The summed E-state index contributed by atoms with van der Waals surface area (Å²) in [4.78, 5) is 16.3. The summed E-state index contributed by atoms with van der Waals surface area (Å²) in [5.74, 6) is -0.365. The largest absolute Gasteiger partial charge is 0.464 e. The average molecular weight is 267 g/mol. The number of fused-ring (bicyclic) bond motifs is 1. The zero-order chi connectivity index (χ0) is 13.9. The van der Waals surface area contributed by atoms with Gasteiger partial charge in [0.25, 0.3) is 0 Å². The normalized spacial score (nSPS) is 13.7. The molecule has 0 unspecified atom stereocenters. The van der Waals surface area contributed by atoms with Crippen molar-refractivity contribution in [2.75, 3.05) is 7.11 Å². The monoisotopic (exact) mass is 267 g/mol. The molecule has 0 radical (unpaired) electrons. The molecule has 3 heteroatoms. The molecular weight excluding hydrogens is 250 g/mol. The van der Waals surface area contributed by atoms with Crippen LogP contribution in [0.2, 0.25) is 0 Å². The highest BCUT2D eigenvalue weighted by Gasteiger charge is 2.20. The molecule has 2 aromatic rings. The minimum absolute atomic E-state index is 0.365. The average Bonchev–Trinajstić information content (AvgIpc) is 2.54. The van der Waals surface area contributed by atoms with Gasteiger partial charge in [-0.2, -0.15) is 0 Å². The summed E-state index contributed by atoms with van der Waals surface area (Å²) in [6.07, 6.45) is 4.30. The van der Waals surface area contributed by atoms with Crippen LogP contribution in [0, 0.1) is 0 Å². The number of methoxy groups -OCH3 is 1. The van der Waals surface area contributed by atoms with Crippen molar-refractivity contribution in [3.05, 3.63) is 53.3 Å². The lowest BCUT2D eigenvalue weighted by molar-refractivity contribution is 0.0593. The minimum Gasteiger partial charge on any atom is -0.464 e. The minimum atomic E-state index is -0.365. The lowest BCUT2D eigenvalue weighted by atomic mass is 9.89. The number of esters is 1. The molecule has 0 amide bonds. The molecule has 1 aliphatic rings. The van der Waals surface area contributed by atoms with E-state index in [9.17, 15) is 4.79 Å². The van der Waals surface area contributed by atoms with Crippen LogP contribution in [0.25, 0.3) is 11.1 Å². The first-order valence-electron chi connectivity index (χ1n) is 6.96. The molecule has 1 aromatic carbocycles. The second kappa shape index (κ2) is 5.45. The van der Waals surface area contributed by atoms with Crippen LogP contribution < -0.4 is 0 Å². The predicted octanol–water partition coefficient (Wildman–Crippen LogP) is 3.41. The summed E-state index contributed by atoms with van der Waals surface area (Å²) in [6, 6.07) is 12.0. The summed E-state index contributed by atoms with van der Waals surface area (Å²) < 4.78 is 4.82. The summed E-state index contributed by atoms with van der Waals surface area (Å²) in [6.45, 7) is 0. The number of carbonyl (C=O) groups is 1. The van der Waals surface area contributed by atoms with Gasteiger partial charge in [-0.15, -0.1) is 0 Å². The van der Waals surface area contributed by atoms with E-state index in [1.807, 2.05) is 24.3 Å². The van der Waals surface area contributed by atoms with Gasteiger partial charge in [0, 0.05) is 5.69 Å². The Bertz CT molecular complexity index is 635. The van der Waals surface area contributed by atoms with Gasteiger partial charge in [-0.3, -0.25) is 0 Å². The molecule has 3 rings (SSSR count). The number of hydrogen-bond donors (Lipinski definition) is 0. The highest BCUT2D eigenvalue weighted by atomic mass is 16.5. The summed E-state index contributed by atoms with van der Waals surface area (Å²) in [5.41, 5.74) is 5.01. The SMILES string of the molecule is COC(=O)c1cc(-c2ccccc2)c2c(n1)CCCC2. The van der Waals surface area contributed by atoms with Crippen LogP contribution in [0.15, 0.2) is 36.4 Å². The molecule has 0 spiro atoms.